The van der Waals surface area contributed by atoms with Gasteiger partial charge in [0.1, 0.15) is 0 Å². The number of carboxylic acid groups (broad SMARTS) is 1. The van der Waals surface area contributed by atoms with Crippen LogP contribution >= 0.6 is 0 Å². The van der Waals surface area contributed by atoms with E-state index in [1.54, 1.807) is 0 Å². The molecule has 4 fully saturated rings. The third-order valence-corrected chi connectivity index (χ3v) is 7.33. The first-order valence-corrected chi connectivity index (χ1v) is 6.97. The second kappa shape index (κ2) is 2.56. The van der Waals surface area contributed by atoms with E-state index in [0.29, 0.717) is 37.5 Å². The average molecular weight is 230 g/mol. The molecule has 0 radical (unpaired) electrons. The van der Waals surface area contributed by atoms with Crippen LogP contribution in [0.5, 0.6) is 0 Å². The van der Waals surface area contributed by atoms with Gasteiger partial charge < -0.3 is 5.11 Å². The third kappa shape index (κ3) is 0.973. The fraction of sp³-hybridized carbons (Fsp3) is 0.900. The highest BCUT2D eigenvalue weighted by molar-refractivity contribution is 7.94. The topological polar surface area (TPSA) is 71.4 Å². The first-order chi connectivity index (χ1) is 6.96. The molecule has 2 unspecified atom stereocenters. The second-order valence-corrected chi connectivity index (χ2v) is 7.85. The molecule has 5 heteroatoms. The van der Waals surface area contributed by atoms with Crippen LogP contribution in [0.4, 0.5) is 0 Å². The van der Waals surface area contributed by atoms with Crippen molar-refractivity contribution in [2.24, 2.45) is 11.8 Å². The second-order valence-electron chi connectivity index (χ2n) is 5.31. The lowest BCUT2D eigenvalue weighted by atomic mass is 9.66. The van der Waals surface area contributed by atoms with E-state index in [2.05, 4.69) is 0 Å². The van der Waals surface area contributed by atoms with E-state index in [9.17, 15) is 18.3 Å². The molecule has 2 atom stereocenters. The van der Waals surface area contributed by atoms with Crippen molar-refractivity contribution in [2.75, 3.05) is 0 Å². The summed E-state index contributed by atoms with van der Waals surface area (Å²) in [6.07, 6.45) is 3.16. The van der Waals surface area contributed by atoms with Crippen molar-refractivity contribution < 1.29 is 18.3 Å². The molecule has 0 aromatic carbocycles. The maximum atomic E-state index is 12.1. The fourth-order valence-electron chi connectivity index (χ4n) is 3.95. The number of sulfone groups is 1. The van der Waals surface area contributed by atoms with Crippen LogP contribution in [0.2, 0.25) is 0 Å². The van der Waals surface area contributed by atoms with Crippen LogP contribution in [0.25, 0.3) is 0 Å². The largest absolute Gasteiger partial charge is 0.480 e. The predicted molar refractivity (Wildman–Crippen MR) is 53.1 cm³/mol. The van der Waals surface area contributed by atoms with E-state index in [-0.39, 0.29) is 5.25 Å². The van der Waals surface area contributed by atoms with Crippen LogP contribution in [-0.4, -0.2) is 29.5 Å². The van der Waals surface area contributed by atoms with E-state index < -0.39 is 20.6 Å². The summed E-state index contributed by atoms with van der Waals surface area (Å²) in [7, 11) is -3.43. The maximum Gasteiger partial charge on any atom is 0.325 e. The fourth-order valence-corrected chi connectivity index (χ4v) is 6.82. The summed E-state index contributed by atoms with van der Waals surface area (Å²) in [5.41, 5.74) is 0. The lowest BCUT2D eigenvalue weighted by Crippen LogP contribution is -2.63. The van der Waals surface area contributed by atoms with Gasteiger partial charge in [0.2, 0.25) is 0 Å². The van der Waals surface area contributed by atoms with Crippen LogP contribution in [-0.2, 0) is 14.6 Å². The first-order valence-electron chi connectivity index (χ1n) is 5.42. The van der Waals surface area contributed by atoms with E-state index in [0.717, 1.165) is 6.42 Å². The Morgan fingerprint density at radius 1 is 1.13 bits per heavy atom. The van der Waals surface area contributed by atoms with Gasteiger partial charge in [0.25, 0.3) is 0 Å². The molecule has 0 spiro atoms. The molecule has 0 aromatic heterocycles. The molecule has 2 aliphatic carbocycles. The van der Waals surface area contributed by atoms with Crippen molar-refractivity contribution in [1.82, 2.24) is 0 Å². The molecular weight excluding hydrogens is 216 g/mol. The highest BCUT2D eigenvalue weighted by Gasteiger charge is 2.65. The first kappa shape index (κ1) is 9.63. The van der Waals surface area contributed by atoms with Crippen molar-refractivity contribution in [3.63, 3.8) is 0 Å². The van der Waals surface area contributed by atoms with Crippen molar-refractivity contribution >= 4 is 15.8 Å². The van der Waals surface area contributed by atoms with Crippen molar-refractivity contribution in [1.29, 1.82) is 0 Å². The Hall–Kier alpha value is -0.580. The van der Waals surface area contributed by atoms with Gasteiger partial charge in [0.15, 0.2) is 14.6 Å². The Kier molecular flexibility index (Phi) is 1.65. The molecule has 2 saturated carbocycles. The molecule has 2 aliphatic heterocycles. The van der Waals surface area contributed by atoms with Gasteiger partial charge in [-0.2, -0.15) is 0 Å². The summed E-state index contributed by atoms with van der Waals surface area (Å²) in [6.45, 7) is 0. The van der Waals surface area contributed by atoms with Crippen LogP contribution in [0.3, 0.4) is 0 Å². The summed E-state index contributed by atoms with van der Waals surface area (Å²) < 4.78 is 22.9. The Morgan fingerprint density at radius 3 is 2.13 bits per heavy atom. The molecule has 1 N–H and O–H groups in total. The Labute approximate surface area is 88.6 Å². The Bertz CT molecular complexity index is 411. The standard InChI is InChI=1S/C10H14O4S/c11-9(12)10-4-6-1-7(5-10)3-8(2-6)15(10,13)14/h6-8H,1-5H2,(H,11,12). The average Bonchev–Trinajstić information content (AvgIpc) is 2.13. The van der Waals surface area contributed by atoms with Gasteiger partial charge in [-0.15, -0.1) is 0 Å². The number of hydrogen-bond donors (Lipinski definition) is 1. The van der Waals surface area contributed by atoms with Gasteiger partial charge in [-0.1, -0.05) is 0 Å². The summed E-state index contributed by atoms with van der Waals surface area (Å²) in [4.78, 5) is 11.3. The number of hydrogen-bond acceptors (Lipinski definition) is 3. The molecule has 2 saturated heterocycles. The lowest BCUT2D eigenvalue weighted by molar-refractivity contribution is -0.143. The van der Waals surface area contributed by atoms with Gasteiger partial charge in [-0.25, -0.2) is 8.42 Å². The molecule has 2 heterocycles. The number of rotatable bonds is 1. The van der Waals surface area contributed by atoms with Crippen LogP contribution in [0.15, 0.2) is 0 Å². The molecule has 4 nitrogen and oxygen atoms in total. The van der Waals surface area contributed by atoms with Crippen LogP contribution in [0.1, 0.15) is 32.1 Å². The molecule has 0 aromatic rings. The minimum Gasteiger partial charge on any atom is -0.480 e. The van der Waals surface area contributed by atoms with Gasteiger partial charge >= 0.3 is 5.97 Å². The minimum atomic E-state index is -3.43. The molecule has 15 heavy (non-hydrogen) atoms. The number of carboxylic acids is 1. The normalized spacial score (nSPS) is 50.5. The van der Waals surface area contributed by atoms with E-state index in [1.807, 2.05) is 0 Å². The summed E-state index contributed by atoms with van der Waals surface area (Å²) in [6, 6.07) is 0. The minimum absolute atomic E-state index is 0.335. The van der Waals surface area contributed by atoms with Crippen molar-refractivity contribution in [3.8, 4) is 0 Å². The molecule has 4 aliphatic rings. The van der Waals surface area contributed by atoms with E-state index in [1.165, 1.54) is 0 Å². The third-order valence-electron chi connectivity index (χ3n) is 4.47. The predicted octanol–water partition coefficient (Wildman–Crippen LogP) is 0.817. The van der Waals surface area contributed by atoms with Gasteiger partial charge in [-0.05, 0) is 43.9 Å². The Morgan fingerprint density at radius 2 is 1.67 bits per heavy atom. The van der Waals surface area contributed by atoms with Gasteiger partial charge in [0, 0.05) is 0 Å². The zero-order valence-electron chi connectivity index (χ0n) is 8.35. The highest BCUT2D eigenvalue weighted by Crippen LogP contribution is 2.56. The van der Waals surface area contributed by atoms with Crippen LogP contribution in [0, 0.1) is 11.8 Å². The summed E-state index contributed by atoms with van der Waals surface area (Å²) in [5.74, 6) is -0.439. The number of aliphatic carboxylic acids is 1. The highest BCUT2D eigenvalue weighted by atomic mass is 32.2. The van der Waals surface area contributed by atoms with Crippen LogP contribution < -0.4 is 0 Å². The SMILES string of the molecule is O=C(O)C12CC3CC(CC(C3)S1(=O)=O)C2. The lowest BCUT2D eigenvalue weighted by Gasteiger charge is -2.53. The van der Waals surface area contributed by atoms with E-state index in [4.69, 9.17) is 0 Å². The molecule has 84 valence electrons. The monoisotopic (exact) mass is 230 g/mol. The number of carbonyl (C=O) groups is 1. The van der Waals surface area contributed by atoms with Crippen molar-refractivity contribution in [2.45, 2.75) is 42.1 Å². The smallest absolute Gasteiger partial charge is 0.325 e. The maximum absolute atomic E-state index is 12.1. The molecule has 4 bridgehead atoms. The van der Waals surface area contributed by atoms with Gasteiger partial charge in [-0.3, -0.25) is 4.79 Å². The van der Waals surface area contributed by atoms with Crippen molar-refractivity contribution in [3.05, 3.63) is 0 Å². The summed E-state index contributed by atoms with van der Waals surface area (Å²) in [5, 5.41) is 8.87. The van der Waals surface area contributed by atoms with Gasteiger partial charge in [0.05, 0.1) is 5.25 Å². The molecule has 4 rings (SSSR count). The molecule has 0 amide bonds. The quantitative estimate of drug-likeness (QED) is 0.723. The summed E-state index contributed by atoms with van der Waals surface area (Å²) >= 11 is 0. The molecular formula is C10H14O4S. The zero-order valence-corrected chi connectivity index (χ0v) is 9.16. The zero-order chi connectivity index (χ0) is 10.8. The Balaban J connectivity index is 2.17. The van der Waals surface area contributed by atoms with E-state index >= 15 is 0 Å².